The topological polar surface area (TPSA) is 145 Å². The third-order valence-electron chi connectivity index (χ3n) is 7.53. The number of carbonyl (C=O) groups is 2. The van der Waals surface area contributed by atoms with E-state index in [1.807, 2.05) is 41.1 Å². The predicted molar refractivity (Wildman–Crippen MR) is 153 cm³/mol. The van der Waals surface area contributed by atoms with Gasteiger partial charge in [0.2, 0.25) is 5.91 Å². The Morgan fingerprint density at radius 2 is 1.98 bits per heavy atom. The molecule has 1 aliphatic rings. The molecule has 2 aromatic carbocycles. The van der Waals surface area contributed by atoms with Crippen molar-refractivity contribution < 1.29 is 19.4 Å². The number of halogens is 1. The summed E-state index contributed by atoms with van der Waals surface area (Å²) >= 11 is 6.33. The number of nitrogens with two attached hydrogens (primary N) is 1. The van der Waals surface area contributed by atoms with Gasteiger partial charge in [-0.15, -0.1) is 0 Å². The summed E-state index contributed by atoms with van der Waals surface area (Å²) < 4.78 is 7.51. The third kappa shape index (κ3) is 4.89. The van der Waals surface area contributed by atoms with E-state index in [-0.39, 0.29) is 24.2 Å². The largest absolute Gasteiger partial charge is 0.481 e. The Labute approximate surface area is 236 Å². The Bertz CT molecular complexity index is 1600. The number of methoxy groups -OCH3 is 1. The van der Waals surface area contributed by atoms with E-state index in [4.69, 9.17) is 37.3 Å². The van der Waals surface area contributed by atoms with E-state index in [9.17, 15) is 9.59 Å². The number of carbonyl (C=O) groups excluding carboxylic acids is 1. The molecule has 0 saturated heterocycles. The van der Waals surface area contributed by atoms with E-state index in [0.29, 0.717) is 46.5 Å². The second-order valence-electron chi connectivity index (χ2n) is 10.2. The van der Waals surface area contributed by atoms with Crippen LogP contribution < -0.4 is 11.1 Å². The van der Waals surface area contributed by atoms with Crippen LogP contribution in [0.25, 0.3) is 22.4 Å². The predicted octanol–water partition coefficient (Wildman–Crippen LogP) is 4.82. The average molecular weight is 563 g/mol. The Morgan fingerprint density at radius 3 is 2.65 bits per heavy atom. The van der Waals surface area contributed by atoms with Crippen molar-refractivity contribution in [3.8, 4) is 11.5 Å². The van der Waals surface area contributed by atoms with Gasteiger partial charge in [-0.05, 0) is 49.1 Å². The first-order chi connectivity index (χ1) is 19.1. The van der Waals surface area contributed by atoms with Crippen LogP contribution in [0.4, 0.5) is 11.6 Å². The summed E-state index contributed by atoms with van der Waals surface area (Å²) in [7, 11) is 1.69. The highest BCUT2D eigenvalue weighted by Crippen LogP contribution is 2.45. The van der Waals surface area contributed by atoms with Gasteiger partial charge in [-0.25, -0.2) is 9.97 Å². The maximum atomic E-state index is 13.4. The SMILES string of the molecule is CCCC(Cn1nc(-c2nc(N)c3c(n2)NC(=O)C3(C)c2ccc(CCC(=O)O)cc2)c2ccc(Cl)cc21)OC. The molecule has 0 fully saturated rings. The number of nitrogen functional groups attached to an aromatic ring is 1. The van der Waals surface area contributed by atoms with Crippen molar-refractivity contribution in [3.63, 3.8) is 0 Å². The Morgan fingerprint density at radius 1 is 1.23 bits per heavy atom. The van der Waals surface area contributed by atoms with E-state index in [1.54, 1.807) is 20.1 Å². The highest BCUT2D eigenvalue weighted by atomic mass is 35.5. The molecule has 4 N–H and O–H groups in total. The van der Waals surface area contributed by atoms with Crippen LogP contribution >= 0.6 is 11.6 Å². The van der Waals surface area contributed by atoms with Gasteiger partial charge >= 0.3 is 5.97 Å². The minimum Gasteiger partial charge on any atom is -0.481 e. The lowest BCUT2D eigenvalue weighted by Gasteiger charge is -2.23. The first-order valence-corrected chi connectivity index (χ1v) is 13.5. The molecule has 0 spiro atoms. The molecular formula is C29H31ClN6O4. The van der Waals surface area contributed by atoms with Gasteiger partial charge in [0, 0.05) is 23.9 Å². The van der Waals surface area contributed by atoms with E-state index in [1.165, 1.54) is 0 Å². The fraction of sp³-hybridized carbons (Fsp3) is 0.345. The van der Waals surface area contributed by atoms with Gasteiger partial charge in [0.1, 0.15) is 22.7 Å². The average Bonchev–Trinajstić information content (AvgIpc) is 3.41. The molecule has 2 aromatic heterocycles. The van der Waals surface area contributed by atoms with Gasteiger partial charge in [0.15, 0.2) is 5.82 Å². The lowest BCUT2D eigenvalue weighted by Crippen LogP contribution is -2.33. The number of benzene rings is 2. The number of aliphatic carboxylic acids is 1. The van der Waals surface area contributed by atoms with E-state index in [2.05, 4.69) is 17.2 Å². The van der Waals surface area contributed by atoms with Crippen LogP contribution in [0.15, 0.2) is 42.5 Å². The molecule has 0 bridgehead atoms. The van der Waals surface area contributed by atoms with Gasteiger partial charge in [0.05, 0.1) is 23.7 Å². The fourth-order valence-electron chi connectivity index (χ4n) is 5.29. The standard InChI is InChI=1S/C29H31ClN6O4/c1-4-5-19(40-3)15-36-21-14-18(30)11-12-20(21)24(35-36)27-32-25(31)23-26(33-27)34-28(39)29(23,2)17-9-6-16(7-10-17)8-13-22(37)38/h6-7,9-12,14,19H,4-5,8,13,15H2,1-3H3,(H,37,38)(H3,31,32,33,34,39). The summed E-state index contributed by atoms with van der Waals surface area (Å²) in [6, 6.07) is 12.8. The number of ether oxygens (including phenoxy) is 1. The zero-order chi connectivity index (χ0) is 28.6. The zero-order valence-electron chi connectivity index (χ0n) is 22.6. The normalized spacial score (nSPS) is 17.1. The summed E-state index contributed by atoms with van der Waals surface area (Å²) in [5.74, 6) is -0.333. The van der Waals surface area contributed by atoms with Crippen molar-refractivity contribution in [2.75, 3.05) is 18.2 Å². The van der Waals surface area contributed by atoms with Crippen molar-refractivity contribution in [1.82, 2.24) is 19.7 Å². The molecule has 40 heavy (non-hydrogen) atoms. The maximum absolute atomic E-state index is 13.4. The third-order valence-corrected chi connectivity index (χ3v) is 7.76. The van der Waals surface area contributed by atoms with Gasteiger partial charge in [-0.1, -0.05) is 49.2 Å². The molecule has 0 saturated carbocycles. The number of hydrogen-bond acceptors (Lipinski definition) is 7. The Hall–Kier alpha value is -4.02. The van der Waals surface area contributed by atoms with Crippen molar-refractivity contribution >= 4 is 46.0 Å². The fourth-order valence-corrected chi connectivity index (χ4v) is 5.46. The zero-order valence-corrected chi connectivity index (χ0v) is 23.3. The number of rotatable bonds is 10. The van der Waals surface area contributed by atoms with E-state index < -0.39 is 11.4 Å². The molecule has 11 heteroatoms. The van der Waals surface area contributed by atoms with Crippen LogP contribution in [0.1, 0.15) is 49.8 Å². The van der Waals surface area contributed by atoms with Gasteiger partial charge in [-0.3, -0.25) is 14.3 Å². The van der Waals surface area contributed by atoms with Crippen LogP contribution in [0.3, 0.4) is 0 Å². The van der Waals surface area contributed by atoms with E-state index >= 15 is 0 Å². The highest BCUT2D eigenvalue weighted by Gasteiger charge is 2.47. The number of anilines is 2. The summed E-state index contributed by atoms with van der Waals surface area (Å²) in [6.45, 7) is 4.41. The molecule has 4 aromatic rings. The van der Waals surface area contributed by atoms with Crippen LogP contribution in [0.2, 0.25) is 5.02 Å². The van der Waals surface area contributed by atoms with Gasteiger partial charge in [0.25, 0.3) is 0 Å². The van der Waals surface area contributed by atoms with Gasteiger partial charge < -0.3 is 20.9 Å². The molecule has 1 aliphatic heterocycles. The monoisotopic (exact) mass is 562 g/mol. The number of aryl methyl sites for hydroxylation is 1. The number of amides is 1. The van der Waals surface area contributed by atoms with E-state index in [0.717, 1.165) is 29.3 Å². The van der Waals surface area contributed by atoms with Crippen LogP contribution in [-0.4, -0.2) is 49.9 Å². The summed E-state index contributed by atoms with van der Waals surface area (Å²) in [5.41, 5.74) is 8.82. The van der Waals surface area contributed by atoms with Crippen molar-refractivity contribution in [3.05, 3.63) is 64.2 Å². The second-order valence-corrected chi connectivity index (χ2v) is 10.6. The number of carboxylic acids is 1. The summed E-state index contributed by atoms with van der Waals surface area (Å²) in [5, 5.41) is 18.1. The number of nitrogens with one attached hydrogen (secondary N) is 1. The van der Waals surface area contributed by atoms with Crippen LogP contribution in [0.5, 0.6) is 0 Å². The number of fused-ring (bicyclic) bond motifs is 2. The minimum atomic E-state index is -1.12. The quantitative estimate of drug-likeness (QED) is 0.249. The Balaban J connectivity index is 1.55. The number of hydrogen-bond donors (Lipinski definition) is 3. The molecule has 5 rings (SSSR count). The molecule has 2 unspecified atom stereocenters. The van der Waals surface area contributed by atoms with Crippen molar-refractivity contribution in [2.24, 2.45) is 0 Å². The van der Waals surface area contributed by atoms with Crippen molar-refractivity contribution in [2.45, 2.75) is 57.6 Å². The summed E-state index contributed by atoms with van der Waals surface area (Å²) in [6.07, 6.45) is 2.26. The van der Waals surface area contributed by atoms with Crippen molar-refractivity contribution in [1.29, 1.82) is 0 Å². The number of nitrogens with zero attached hydrogens (tertiary/aromatic N) is 4. The van der Waals surface area contributed by atoms with Gasteiger partial charge in [-0.2, -0.15) is 5.10 Å². The first-order valence-electron chi connectivity index (χ1n) is 13.2. The molecule has 10 nitrogen and oxygen atoms in total. The molecule has 2 atom stereocenters. The second kappa shape index (κ2) is 10.9. The maximum Gasteiger partial charge on any atom is 0.303 e. The lowest BCUT2D eigenvalue weighted by atomic mass is 9.77. The molecule has 0 aliphatic carbocycles. The number of carboxylic acid groups (broad SMARTS) is 1. The lowest BCUT2D eigenvalue weighted by molar-refractivity contribution is -0.137. The number of aromatic nitrogens is 4. The Kier molecular flexibility index (Phi) is 7.48. The minimum absolute atomic E-state index is 0.0264. The highest BCUT2D eigenvalue weighted by molar-refractivity contribution is 6.31. The summed E-state index contributed by atoms with van der Waals surface area (Å²) in [4.78, 5) is 33.6. The molecule has 3 heterocycles. The van der Waals surface area contributed by atoms with Crippen LogP contribution in [-0.2, 0) is 32.7 Å². The molecular weight excluding hydrogens is 532 g/mol. The molecule has 0 radical (unpaired) electrons. The first kappa shape index (κ1) is 27.5. The molecule has 208 valence electrons. The smallest absolute Gasteiger partial charge is 0.303 e. The van der Waals surface area contributed by atoms with Crippen LogP contribution in [0, 0.1) is 0 Å². The molecule has 1 amide bonds.